The van der Waals surface area contributed by atoms with E-state index in [9.17, 15) is 10.2 Å². The second-order valence-corrected chi connectivity index (χ2v) is 7.87. The number of aliphatic hydroxyl groups is 2. The van der Waals surface area contributed by atoms with Gasteiger partial charge in [-0.25, -0.2) is 4.98 Å². The molecule has 1 aromatic carbocycles. The Morgan fingerprint density at radius 3 is 2.92 bits per heavy atom. The fraction of sp³-hybridized carbons (Fsp3) is 0.353. The average Bonchev–Trinajstić information content (AvgIpc) is 3.19. The Labute approximate surface area is 159 Å². The Morgan fingerprint density at radius 1 is 1.35 bits per heavy atom. The molecule has 1 fully saturated rings. The third-order valence-corrected chi connectivity index (χ3v) is 6.08. The van der Waals surface area contributed by atoms with E-state index in [-0.39, 0.29) is 11.3 Å². The van der Waals surface area contributed by atoms with Gasteiger partial charge in [0.1, 0.15) is 0 Å². The molecule has 1 aliphatic heterocycles. The highest BCUT2D eigenvalue weighted by Gasteiger charge is 2.38. The van der Waals surface area contributed by atoms with Gasteiger partial charge < -0.3 is 15.5 Å². The molecule has 1 aliphatic rings. The Balaban J connectivity index is 1.65. The molecule has 0 aliphatic carbocycles. The van der Waals surface area contributed by atoms with Crippen LogP contribution in [0.4, 0.5) is 5.82 Å². The van der Waals surface area contributed by atoms with Crippen LogP contribution in [0.25, 0.3) is 5.65 Å². The molecule has 0 bridgehead atoms. The minimum atomic E-state index is -0.859. The molecule has 3 N–H and O–H groups in total. The van der Waals surface area contributed by atoms with Crippen molar-refractivity contribution in [3.63, 3.8) is 0 Å². The Kier molecular flexibility index (Phi) is 4.74. The molecule has 0 unspecified atom stereocenters. The van der Waals surface area contributed by atoms with Crippen molar-refractivity contribution in [1.82, 2.24) is 19.6 Å². The van der Waals surface area contributed by atoms with E-state index in [1.165, 1.54) is 11.8 Å². The van der Waals surface area contributed by atoms with Gasteiger partial charge in [-0.2, -0.15) is 0 Å². The smallest absolute Gasteiger partial charge is 0.203 e. The summed E-state index contributed by atoms with van der Waals surface area (Å²) in [4.78, 5) is 4.38. The fourth-order valence-corrected chi connectivity index (χ4v) is 4.52. The number of nitrogens with one attached hydrogen (secondary N) is 1. The average molecular weight is 392 g/mol. The summed E-state index contributed by atoms with van der Waals surface area (Å²) in [5.74, 6) is 1.68. The van der Waals surface area contributed by atoms with E-state index < -0.39 is 12.2 Å². The monoisotopic (exact) mass is 391 g/mol. The number of thioether (sulfide) groups is 1. The number of aromatic nitrogens is 4. The van der Waals surface area contributed by atoms with Crippen molar-refractivity contribution in [2.75, 3.05) is 11.1 Å². The molecule has 1 saturated heterocycles. The largest absolute Gasteiger partial charge is 0.390 e. The van der Waals surface area contributed by atoms with Gasteiger partial charge in [-0.05, 0) is 24.6 Å². The zero-order valence-corrected chi connectivity index (χ0v) is 15.5. The van der Waals surface area contributed by atoms with Crippen molar-refractivity contribution in [3.8, 4) is 0 Å². The first-order valence-corrected chi connectivity index (χ1v) is 9.66. The highest BCUT2D eigenvalue weighted by Crippen LogP contribution is 2.39. The maximum absolute atomic E-state index is 10.2. The van der Waals surface area contributed by atoms with Gasteiger partial charge in [-0.1, -0.05) is 23.7 Å². The van der Waals surface area contributed by atoms with Crippen LogP contribution in [-0.2, 0) is 0 Å². The predicted molar refractivity (Wildman–Crippen MR) is 101 cm³/mol. The quantitative estimate of drug-likeness (QED) is 0.628. The third kappa shape index (κ3) is 3.14. The van der Waals surface area contributed by atoms with Crippen molar-refractivity contribution in [3.05, 3.63) is 53.1 Å². The molecule has 9 heteroatoms. The summed E-state index contributed by atoms with van der Waals surface area (Å²) in [6.45, 7) is 2.01. The summed E-state index contributed by atoms with van der Waals surface area (Å²) in [5, 5.41) is 32.2. The van der Waals surface area contributed by atoms with Gasteiger partial charge in [-0.3, -0.25) is 4.40 Å². The zero-order valence-electron chi connectivity index (χ0n) is 14.0. The van der Waals surface area contributed by atoms with Gasteiger partial charge >= 0.3 is 0 Å². The minimum Gasteiger partial charge on any atom is -0.390 e. The first kappa shape index (κ1) is 17.5. The van der Waals surface area contributed by atoms with Gasteiger partial charge in [0, 0.05) is 23.2 Å². The number of hydrogen-bond donors (Lipinski definition) is 3. The number of aliphatic hydroxyl groups excluding tert-OH is 2. The number of rotatable bonds is 4. The first-order chi connectivity index (χ1) is 12.5. The Bertz CT molecular complexity index is 936. The molecule has 0 radical (unpaired) electrons. The molecule has 0 spiro atoms. The van der Waals surface area contributed by atoms with E-state index in [2.05, 4.69) is 20.5 Å². The van der Waals surface area contributed by atoms with E-state index in [0.717, 1.165) is 5.56 Å². The van der Waals surface area contributed by atoms with Crippen LogP contribution >= 0.6 is 23.4 Å². The van der Waals surface area contributed by atoms with Crippen LogP contribution in [0.3, 0.4) is 0 Å². The van der Waals surface area contributed by atoms with Gasteiger partial charge in [0.05, 0.1) is 23.5 Å². The summed E-state index contributed by atoms with van der Waals surface area (Å²) >= 11 is 7.54. The lowest BCUT2D eigenvalue weighted by atomic mass is 10.1. The van der Waals surface area contributed by atoms with E-state index in [1.807, 2.05) is 31.2 Å². The molecule has 3 aromatic rings. The van der Waals surface area contributed by atoms with Crippen molar-refractivity contribution in [1.29, 1.82) is 0 Å². The molecular weight excluding hydrogens is 374 g/mol. The SMILES string of the molecule is C[C@@H](Nc1nccn2c([C@@H]3SC[C@@H](O)[C@H]3O)nnc12)c1cccc(Cl)c1. The number of fused-ring (bicyclic) bond motifs is 1. The molecule has 0 amide bonds. The van der Waals surface area contributed by atoms with E-state index in [0.29, 0.717) is 28.1 Å². The summed E-state index contributed by atoms with van der Waals surface area (Å²) in [7, 11) is 0. The molecule has 4 atom stereocenters. The topological polar surface area (TPSA) is 95.6 Å². The lowest BCUT2D eigenvalue weighted by molar-refractivity contribution is 0.0404. The molecule has 7 nitrogen and oxygen atoms in total. The number of nitrogens with zero attached hydrogens (tertiary/aromatic N) is 4. The molecule has 3 heterocycles. The standard InChI is InChI=1S/C17H18ClN5O2S/c1-9(10-3-2-4-11(18)7-10)20-15-17-22-21-16(23(17)6-5-19-15)14-13(25)12(24)8-26-14/h2-7,9,12-14,24-25H,8H2,1H3,(H,19,20)/t9-,12-,13-,14-/m1/s1. The molecular formula is C17H18ClN5O2S. The van der Waals surface area contributed by atoms with Gasteiger partial charge in [0.2, 0.25) is 5.65 Å². The van der Waals surface area contributed by atoms with Crippen molar-refractivity contribution in [2.45, 2.75) is 30.4 Å². The predicted octanol–water partition coefficient (Wildman–Crippen LogP) is 2.46. The Morgan fingerprint density at radius 2 is 2.19 bits per heavy atom. The van der Waals surface area contributed by atoms with Gasteiger partial charge in [0.25, 0.3) is 0 Å². The zero-order chi connectivity index (χ0) is 18.3. The van der Waals surface area contributed by atoms with Crippen LogP contribution in [0.5, 0.6) is 0 Å². The highest BCUT2D eigenvalue weighted by molar-refractivity contribution is 7.99. The number of benzene rings is 1. The Hall–Kier alpha value is -1.87. The molecule has 2 aromatic heterocycles. The van der Waals surface area contributed by atoms with Crippen LogP contribution in [0.15, 0.2) is 36.7 Å². The lowest BCUT2D eigenvalue weighted by Gasteiger charge is -2.16. The second-order valence-electron chi connectivity index (χ2n) is 6.26. The van der Waals surface area contributed by atoms with E-state index >= 15 is 0 Å². The third-order valence-electron chi connectivity index (χ3n) is 4.46. The number of hydrogen-bond acceptors (Lipinski definition) is 7. The summed E-state index contributed by atoms with van der Waals surface area (Å²) in [6.07, 6.45) is 1.81. The van der Waals surface area contributed by atoms with Crippen LogP contribution < -0.4 is 5.32 Å². The van der Waals surface area contributed by atoms with Crippen LogP contribution in [0, 0.1) is 0 Å². The summed E-state index contributed by atoms with van der Waals surface area (Å²) < 4.78 is 1.80. The lowest BCUT2D eigenvalue weighted by Crippen LogP contribution is -2.25. The van der Waals surface area contributed by atoms with Gasteiger partial charge in [-0.15, -0.1) is 22.0 Å². The normalized spacial score (nSPS) is 24.1. The molecule has 136 valence electrons. The number of halogens is 1. The summed E-state index contributed by atoms with van der Waals surface area (Å²) in [5.41, 5.74) is 1.61. The first-order valence-electron chi connectivity index (χ1n) is 8.24. The fourth-order valence-electron chi connectivity index (χ4n) is 3.03. The van der Waals surface area contributed by atoms with E-state index in [4.69, 9.17) is 11.6 Å². The van der Waals surface area contributed by atoms with E-state index in [1.54, 1.807) is 16.8 Å². The van der Waals surface area contributed by atoms with Crippen LogP contribution in [0.2, 0.25) is 5.02 Å². The van der Waals surface area contributed by atoms with Gasteiger partial charge in [0.15, 0.2) is 11.6 Å². The number of anilines is 1. The molecule has 26 heavy (non-hydrogen) atoms. The summed E-state index contributed by atoms with van der Waals surface area (Å²) in [6, 6.07) is 7.61. The molecule has 4 rings (SSSR count). The van der Waals surface area contributed by atoms with Crippen LogP contribution in [-0.4, -0.2) is 47.8 Å². The van der Waals surface area contributed by atoms with Crippen molar-refractivity contribution >= 4 is 34.8 Å². The maximum atomic E-state index is 10.2. The van der Waals surface area contributed by atoms with Crippen LogP contribution in [0.1, 0.15) is 29.6 Å². The van der Waals surface area contributed by atoms with Crippen molar-refractivity contribution < 1.29 is 10.2 Å². The second kappa shape index (κ2) is 7.03. The molecule has 0 saturated carbocycles. The van der Waals surface area contributed by atoms with Crippen molar-refractivity contribution in [2.24, 2.45) is 0 Å². The highest BCUT2D eigenvalue weighted by atomic mass is 35.5. The minimum absolute atomic E-state index is 0.0270. The maximum Gasteiger partial charge on any atom is 0.203 e.